The van der Waals surface area contributed by atoms with Gasteiger partial charge in [0.1, 0.15) is 5.60 Å². The van der Waals surface area contributed by atoms with Crippen LogP contribution in [0.4, 0.5) is 4.79 Å². The molecule has 1 atom stereocenters. The van der Waals surface area contributed by atoms with Crippen LogP contribution in [0, 0.1) is 0 Å². The van der Waals surface area contributed by atoms with Gasteiger partial charge in [0, 0.05) is 25.2 Å². The molecule has 9 heteroatoms. The number of carbonyl (C=O) groups is 2. The fourth-order valence-electron chi connectivity index (χ4n) is 3.04. The van der Waals surface area contributed by atoms with Gasteiger partial charge >= 0.3 is 6.09 Å². The number of rotatable bonds is 3. The van der Waals surface area contributed by atoms with Crippen LogP contribution in [0.1, 0.15) is 60.3 Å². The van der Waals surface area contributed by atoms with E-state index in [0.717, 1.165) is 38.8 Å². The Morgan fingerprint density at radius 1 is 1.10 bits per heavy atom. The smallest absolute Gasteiger partial charge is 0.407 e. The number of hydrogen-bond acceptors (Lipinski definition) is 7. The van der Waals surface area contributed by atoms with Crippen molar-refractivity contribution in [2.45, 2.75) is 89.7 Å². The van der Waals surface area contributed by atoms with Crippen molar-refractivity contribution in [3.8, 4) is 0 Å². The Morgan fingerprint density at radius 3 is 2.07 bits per heavy atom. The lowest BCUT2D eigenvalue weighted by molar-refractivity contribution is -0.153. The van der Waals surface area contributed by atoms with Crippen LogP contribution in [0.25, 0.3) is 0 Å². The molecule has 170 valence electrons. The topological polar surface area (TPSA) is 137 Å². The second kappa shape index (κ2) is 11.1. The van der Waals surface area contributed by atoms with E-state index in [1.165, 1.54) is 13.8 Å². The van der Waals surface area contributed by atoms with Crippen LogP contribution in [0.15, 0.2) is 0 Å². The van der Waals surface area contributed by atoms with Gasteiger partial charge < -0.3 is 36.2 Å². The number of piperidine rings is 2. The molecule has 0 bridgehead atoms. The van der Waals surface area contributed by atoms with Crippen molar-refractivity contribution >= 4 is 12.0 Å². The minimum Gasteiger partial charge on any atom is -0.444 e. The third-order valence-electron chi connectivity index (χ3n) is 4.81. The SMILES string of the molecule is CC(C)(C)OC(=O)NC1CCNCC1.CC(C)(O)[C@@H](O)C(=O)N1CCC(N)CC1. The third-order valence-corrected chi connectivity index (χ3v) is 4.81. The van der Waals surface area contributed by atoms with Gasteiger partial charge in [-0.15, -0.1) is 0 Å². The average Bonchev–Trinajstić information content (AvgIpc) is 2.60. The quantitative estimate of drug-likeness (QED) is 0.447. The van der Waals surface area contributed by atoms with E-state index in [9.17, 15) is 19.8 Å². The number of ether oxygens (including phenoxy) is 1. The molecule has 2 heterocycles. The molecular weight excluding hydrogens is 376 g/mol. The van der Waals surface area contributed by atoms with Gasteiger partial charge in [0.25, 0.3) is 5.91 Å². The molecule has 0 aromatic heterocycles. The molecule has 2 fully saturated rings. The van der Waals surface area contributed by atoms with Crippen LogP contribution in [-0.2, 0) is 9.53 Å². The number of likely N-dealkylation sites (tertiary alicyclic amines) is 1. The largest absolute Gasteiger partial charge is 0.444 e. The van der Waals surface area contributed by atoms with E-state index in [4.69, 9.17) is 10.5 Å². The minimum atomic E-state index is -1.39. The molecule has 2 rings (SSSR count). The van der Waals surface area contributed by atoms with E-state index in [-0.39, 0.29) is 18.2 Å². The first kappa shape index (κ1) is 25.6. The van der Waals surface area contributed by atoms with Crippen LogP contribution >= 0.6 is 0 Å². The first-order chi connectivity index (χ1) is 13.3. The molecule has 0 saturated carbocycles. The summed E-state index contributed by atoms with van der Waals surface area (Å²) in [5, 5.41) is 25.2. The molecule has 9 nitrogen and oxygen atoms in total. The molecule has 2 amide bonds. The Labute approximate surface area is 174 Å². The van der Waals surface area contributed by atoms with Gasteiger partial charge in [0.2, 0.25) is 0 Å². The van der Waals surface area contributed by atoms with Crippen molar-refractivity contribution in [2.75, 3.05) is 26.2 Å². The zero-order chi connectivity index (χ0) is 22.2. The zero-order valence-corrected chi connectivity index (χ0v) is 18.5. The highest BCUT2D eigenvalue weighted by atomic mass is 16.6. The predicted molar refractivity (Wildman–Crippen MR) is 111 cm³/mol. The maximum absolute atomic E-state index is 11.7. The van der Waals surface area contributed by atoms with Crippen molar-refractivity contribution in [3.05, 3.63) is 0 Å². The maximum Gasteiger partial charge on any atom is 0.407 e. The van der Waals surface area contributed by atoms with Crippen LogP contribution in [0.3, 0.4) is 0 Å². The van der Waals surface area contributed by atoms with E-state index in [2.05, 4.69) is 10.6 Å². The van der Waals surface area contributed by atoms with E-state index < -0.39 is 23.2 Å². The first-order valence-electron chi connectivity index (χ1n) is 10.4. The number of alkyl carbamates (subject to hydrolysis) is 1. The van der Waals surface area contributed by atoms with Crippen LogP contribution in [-0.4, -0.2) is 82.7 Å². The number of hydrogen-bond donors (Lipinski definition) is 5. The molecule has 2 saturated heterocycles. The van der Waals surface area contributed by atoms with E-state index in [0.29, 0.717) is 13.1 Å². The van der Waals surface area contributed by atoms with Crippen LogP contribution in [0.2, 0.25) is 0 Å². The highest BCUT2D eigenvalue weighted by molar-refractivity contribution is 5.82. The van der Waals surface area contributed by atoms with Crippen LogP contribution < -0.4 is 16.4 Å². The summed E-state index contributed by atoms with van der Waals surface area (Å²) < 4.78 is 5.17. The standard InChI is InChI=1S/C10H20N2O3.C10H20N2O2/c1-10(2,15)8(13)9(14)12-5-3-7(11)4-6-12;1-10(2,3)14-9(13)12-8-4-6-11-7-5-8/h7-8,13,15H,3-6,11H2,1-2H3;8,11H,4-7H2,1-3H3,(H,12,13)/t8-;/m0./s1. The van der Waals surface area contributed by atoms with Gasteiger partial charge in [0.15, 0.2) is 6.10 Å². The lowest BCUT2D eigenvalue weighted by Crippen LogP contribution is -2.52. The summed E-state index contributed by atoms with van der Waals surface area (Å²) in [5.41, 5.74) is 3.91. The van der Waals surface area contributed by atoms with Crippen molar-refractivity contribution in [1.29, 1.82) is 0 Å². The monoisotopic (exact) mass is 416 g/mol. The highest BCUT2D eigenvalue weighted by Crippen LogP contribution is 2.15. The number of nitrogens with two attached hydrogens (primary N) is 1. The van der Waals surface area contributed by atoms with Crippen LogP contribution in [0.5, 0.6) is 0 Å². The zero-order valence-electron chi connectivity index (χ0n) is 18.5. The molecule has 0 unspecified atom stereocenters. The number of nitrogens with one attached hydrogen (secondary N) is 2. The summed E-state index contributed by atoms with van der Waals surface area (Å²) >= 11 is 0. The predicted octanol–water partition coefficient (Wildman–Crippen LogP) is 0.331. The molecule has 2 aliphatic rings. The van der Waals surface area contributed by atoms with Crippen molar-refractivity contribution in [1.82, 2.24) is 15.5 Å². The second-order valence-electron chi connectivity index (χ2n) is 9.39. The summed E-state index contributed by atoms with van der Waals surface area (Å²) in [6.45, 7) is 11.5. The summed E-state index contributed by atoms with van der Waals surface area (Å²) in [5.74, 6) is -0.408. The Kier molecular flexibility index (Phi) is 9.81. The number of aliphatic hydroxyl groups excluding tert-OH is 1. The van der Waals surface area contributed by atoms with Crippen molar-refractivity contribution < 1.29 is 24.5 Å². The summed E-state index contributed by atoms with van der Waals surface area (Å²) in [6, 6.07) is 0.416. The Balaban J connectivity index is 0.000000291. The summed E-state index contributed by atoms with van der Waals surface area (Å²) in [7, 11) is 0. The van der Waals surface area contributed by atoms with E-state index in [1.807, 2.05) is 20.8 Å². The van der Waals surface area contributed by atoms with Gasteiger partial charge in [-0.25, -0.2) is 4.79 Å². The lowest BCUT2D eigenvalue weighted by atomic mass is 9.99. The van der Waals surface area contributed by atoms with Gasteiger partial charge in [-0.1, -0.05) is 0 Å². The third kappa shape index (κ3) is 10.3. The Hall–Kier alpha value is -1.42. The molecule has 0 aromatic carbocycles. The van der Waals surface area contributed by atoms with Gasteiger partial charge in [-0.2, -0.15) is 0 Å². The molecule has 0 radical (unpaired) electrons. The molecule has 0 aromatic rings. The highest BCUT2D eigenvalue weighted by Gasteiger charge is 2.35. The normalized spacial score (nSPS) is 20.3. The van der Waals surface area contributed by atoms with Crippen molar-refractivity contribution in [2.24, 2.45) is 5.73 Å². The molecule has 0 aliphatic carbocycles. The van der Waals surface area contributed by atoms with Gasteiger partial charge in [-0.3, -0.25) is 4.79 Å². The number of carbonyl (C=O) groups excluding carboxylic acids is 2. The fraction of sp³-hybridized carbons (Fsp3) is 0.900. The summed E-state index contributed by atoms with van der Waals surface area (Å²) in [4.78, 5) is 24.7. The molecule has 2 aliphatic heterocycles. The molecule has 6 N–H and O–H groups in total. The summed E-state index contributed by atoms with van der Waals surface area (Å²) in [6.07, 6.45) is 1.82. The molecule has 0 spiro atoms. The lowest BCUT2D eigenvalue weighted by Gasteiger charge is -2.34. The van der Waals surface area contributed by atoms with Crippen molar-refractivity contribution in [3.63, 3.8) is 0 Å². The van der Waals surface area contributed by atoms with E-state index in [1.54, 1.807) is 4.90 Å². The van der Waals surface area contributed by atoms with Gasteiger partial charge in [0.05, 0.1) is 5.60 Å². The Morgan fingerprint density at radius 2 is 1.62 bits per heavy atom. The average molecular weight is 417 g/mol. The number of nitrogens with zero attached hydrogens (tertiary/aromatic N) is 1. The van der Waals surface area contributed by atoms with E-state index >= 15 is 0 Å². The number of amides is 2. The first-order valence-corrected chi connectivity index (χ1v) is 10.4. The minimum absolute atomic E-state index is 0.147. The second-order valence-corrected chi connectivity index (χ2v) is 9.39. The van der Waals surface area contributed by atoms with Gasteiger partial charge in [-0.05, 0) is 73.4 Å². The number of aliphatic hydroxyl groups is 2. The fourth-order valence-corrected chi connectivity index (χ4v) is 3.04. The maximum atomic E-state index is 11.7. The Bertz CT molecular complexity index is 516. The molecule has 29 heavy (non-hydrogen) atoms. The molecular formula is C20H40N4O5.